The van der Waals surface area contributed by atoms with Gasteiger partial charge in [-0.1, -0.05) is 6.42 Å². The van der Waals surface area contributed by atoms with Crippen molar-refractivity contribution in [3.8, 4) is 0 Å². The summed E-state index contributed by atoms with van der Waals surface area (Å²) in [5, 5.41) is 3.27. The minimum atomic E-state index is 0.182. The minimum Gasteiger partial charge on any atom is -0.353 e. The van der Waals surface area contributed by atoms with Gasteiger partial charge in [-0.25, -0.2) is 0 Å². The van der Waals surface area contributed by atoms with Crippen molar-refractivity contribution in [2.24, 2.45) is 29.4 Å². The summed E-state index contributed by atoms with van der Waals surface area (Å²) < 4.78 is 0. The van der Waals surface area contributed by atoms with Crippen LogP contribution in [0.1, 0.15) is 51.9 Å². The lowest BCUT2D eigenvalue weighted by Crippen LogP contribution is -2.42. The van der Waals surface area contributed by atoms with Gasteiger partial charge in [0.1, 0.15) is 0 Å². The van der Waals surface area contributed by atoms with Crippen molar-refractivity contribution >= 4 is 5.91 Å². The molecular weight excluding hydrogens is 224 g/mol. The number of nitrogens with one attached hydrogen (secondary N) is 1. The molecule has 0 radical (unpaired) electrons. The Bertz CT molecular complexity index is 330. The Morgan fingerprint density at radius 3 is 2.56 bits per heavy atom. The average molecular weight is 250 g/mol. The summed E-state index contributed by atoms with van der Waals surface area (Å²) in [5.74, 6) is 3.03. The van der Waals surface area contributed by atoms with E-state index in [-0.39, 0.29) is 17.9 Å². The van der Waals surface area contributed by atoms with Gasteiger partial charge in [0.25, 0.3) is 0 Å². The van der Waals surface area contributed by atoms with E-state index in [9.17, 15) is 4.79 Å². The Morgan fingerprint density at radius 2 is 2.00 bits per heavy atom. The summed E-state index contributed by atoms with van der Waals surface area (Å²) in [6.07, 6.45) is 8.46. The van der Waals surface area contributed by atoms with Crippen LogP contribution < -0.4 is 11.1 Å². The molecular formula is C15H26N2O. The Hall–Kier alpha value is -0.570. The second-order valence-corrected chi connectivity index (χ2v) is 6.91. The molecule has 0 aromatic heterocycles. The standard InChI is InChI=1S/C15H26N2O/c1-9(14-7-10-2-3-11(14)6-10)17-15(18)12-4-5-13(16)8-12/h9-14H,2-8,16H2,1H3,(H,17,18). The number of hydrogen-bond donors (Lipinski definition) is 2. The zero-order valence-corrected chi connectivity index (χ0v) is 11.4. The minimum absolute atomic E-state index is 0.182. The van der Waals surface area contributed by atoms with E-state index >= 15 is 0 Å². The molecule has 3 rings (SSSR count). The Balaban J connectivity index is 1.51. The number of rotatable bonds is 3. The van der Waals surface area contributed by atoms with E-state index in [4.69, 9.17) is 5.73 Å². The molecule has 0 aromatic rings. The molecule has 3 N–H and O–H groups in total. The van der Waals surface area contributed by atoms with Crippen LogP contribution in [0.4, 0.5) is 0 Å². The third-order valence-corrected chi connectivity index (χ3v) is 5.65. The van der Waals surface area contributed by atoms with Crippen LogP contribution in [0.25, 0.3) is 0 Å². The lowest BCUT2D eigenvalue weighted by Gasteiger charge is -2.29. The van der Waals surface area contributed by atoms with Gasteiger partial charge >= 0.3 is 0 Å². The number of hydrogen-bond acceptors (Lipinski definition) is 2. The fraction of sp³-hybridized carbons (Fsp3) is 0.933. The Morgan fingerprint density at radius 1 is 1.17 bits per heavy atom. The Kier molecular flexibility index (Phi) is 3.35. The molecule has 3 aliphatic rings. The molecule has 3 heteroatoms. The third kappa shape index (κ3) is 2.29. The first-order valence-electron chi connectivity index (χ1n) is 7.69. The van der Waals surface area contributed by atoms with Crippen molar-refractivity contribution in [1.29, 1.82) is 0 Å². The highest BCUT2D eigenvalue weighted by atomic mass is 16.1. The fourth-order valence-electron chi connectivity index (χ4n) is 4.61. The molecule has 3 aliphatic carbocycles. The van der Waals surface area contributed by atoms with E-state index in [1.165, 1.54) is 25.7 Å². The molecule has 3 saturated carbocycles. The van der Waals surface area contributed by atoms with Gasteiger partial charge in [0, 0.05) is 18.0 Å². The monoisotopic (exact) mass is 250 g/mol. The number of carbonyl (C=O) groups is 1. The molecule has 6 unspecified atom stereocenters. The van der Waals surface area contributed by atoms with Crippen molar-refractivity contribution in [2.45, 2.75) is 64.0 Å². The van der Waals surface area contributed by atoms with Crippen LogP contribution in [0.15, 0.2) is 0 Å². The second kappa shape index (κ2) is 4.84. The summed E-state index contributed by atoms with van der Waals surface area (Å²) in [6.45, 7) is 2.21. The molecule has 6 atom stereocenters. The van der Waals surface area contributed by atoms with Gasteiger partial charge in [-0.05, 0) is 63.2 Å². The van der Waals surface area contributed by atoms with Crippen LogP contribution in [0.5, 0.6) is 0 Å². The molecule has 1 amide bonds. The number of carbonyl (C=O) groups excluding carboxylic acids is 1. The number of nitrogens with two attached hydrogens (primary N) is 1. The van der Waals surface area contributed by atoms with E-state index in [0.29, 0.717) is 6.04 Å². The topological polar surface area (TPSA) is 55.1 Å². The maximum absolute atomic E-state index is 12.2. The molecule has 2 bridgehead atoms. The second-order valence-electron chi connectivity index (χ2n) is 6.91. The molecule has 0 aliphatic heterocycles. The van der Waals surface area contributed by atoms with Crippen LogP contribution in [0.3, 0.4) is 0 Å². The largest absolute Gasteiger partial charge is 0.353 e. The summed E-state index contributed by atoms with van der Waals surface area (Å²) in [7, 11) is 0. The van der Waals surface area contributed by atoms with E-state index < -0.39 is 0 Å². The molecule has 0 aromatic carbocycles. The quantitative estimate of drug-likeness (QED) is 0.805. The van der Waals surface area contributed by atoms with Crippen molar-refractivity contribution in [3.05, 3.63) is 0 Å². The number of fused-ring (bicyclic) bond motifs is 2. The van der Waals surface area contributed by atoms with Gasteiger partial charge in [0.15, 0.2) is 0 Å². The third-order valence-electron chi connectivity index (χ3n) is 5.65. The van der Waals surface area contributed by atoms with Crippen molar-refractivity contribution in [2.75, 3.05) is 0 Å². The predicted molar refractivity (Wildman–Crippen MR) is 71.9 cm³/mol. The zero-order valence-electron chi connectivity index (χ0n) is 11.4. The van der Waals surface area contributed by atoms with E-state index in [1.807, 2.05) is 0 Å². The van der Waals surface area contributed by atoms with Crippen LogP contribution in [-0.2, 0) is 4.79 Å². The summed E-state index contributed by atoms with van der Waals surface area (Å²) in [5.41, 5.74) is 5.89. The summed E-state index contributed by atoms with van der Waals surface area (Å²) >= 11 is 0. The summed E-state index contributed by atoms with van der Waals surface area (Å²) in [4.78, 5) is 12.2. The molecule has 0 spiro atoms. The first-order valence-corrected chi connectivity index (χ1v) is 7.69. The smallest absolute Gasteiger partial charge is 0.223 e. The normalized spacial score (nSPS) is 44.2. The molecule has 102 valence electrons. The average Bonchev–Trinajstić information content (AvgIpc) is 3.03. The van der Waals surface area contributed by atoms with Crippen molar-refractivity contribution < 1.29 is 4.79 Å². The van der Waals surface area contributed by atoms with E-state index in [1.54, 1.807) is 0 Å². The molecule has 3 nitrogen and oxygen atoms in total. The SMILES string of the molecule is CC(NC(=O)C1CCC(N)C1)C1CC2CCC1C2. The van der Waals surface area contributed by atoms with Crippen LogP contribution in [0, 0.1) is 23.7 Å². The van der Waals surface area contributed by atoms with Gasteiger partial charge in [0.05, 0.1) is 0 Å². The van der Waals surface area contributed by atoms with Crippen molar-refractivity contribution in [3.63, 3.8) is 0 Å². The van der Waals surface area contributed by atoms with Crippen LogP contribution >= 0.6 is 0 Å². The maximum Gasteiger partial charge on any atom is 0.223 e. The summed E-state index contributed by atoms with van der Waals surface area (Å²) in [6, 6.07) is 0.614. The highest BCUT2D eigenvalue weighted by Crippen LogP contribution is 2.49. The molecule has 0 heterocycles. The molecule has 3 fully saturated rings. The van der Waals surface area contributed by atoms with Gasteiger partial charge in [-0.3, -0.25) is 4.79 Å². The predicted octanol–water partition coefficient (Wildman–Crippen LogP) is 2.05. The zero-order chi connectivity index (χ0) is 12.7. The first kappa shape index (κ1) is 12.5. The van der Waals surface area contributed by atoms with Gasteiger partial charge in [-0.15, -0.1) is 0 Å². The number of amides is 1. The maximum atomic E-state index is 12.2. The van der Waals surface area contributed by atoms with Crippen LogP contribution in [-0.4, -0.2) is 18.0 Å². The molecule has 0 saturated heterocycles. The van der Waals surface area contributed by atoms with E-state index in [2.05, 4.69) is 12.2 Å². The fourth-order valence-corrected chi connectivity index (χ4v) is 4.61. The van der Waals surface area contributed by atoms with Gasteiger partial charge in [0.2, 0.25) is 5.91 Å². The lowest BCUT2D eigenvalue weighted by molar-refractivity contribution is -0.125. The highest BCUT2D eigenvalue weighted by molar-refractivity contribution is 5.79. The molecule has 18 heavy (non-hydrogen) atoms. The van der Waals surface area contributed by atoms with Crippen molar-refractivity contribution in [1.82, 2.24) is 5.32 Å². The Labute approximate surface area is 110 Å². The van der Waals surface area contributed by atoms with E-state index in [0.717, 1.165) is 37.0 Å². The van der Waals surface area contributed by atoms with Gasteiger partial charge < -0.3 is 11.1 Å². The first-order chi connectivity index (χ1) is 8.63. The lowest BCUT2D eigenvalue weighted by atomic mass is 9.84. The van der Waals surface area contributed by atoms with Gasteiger partial charge in [-0.2, -0.15) is 0 Å². The van der Waals surface area contributed by atoms with Crippen LogP contribution in [0.2, 0.25) is 0 Å². The highest BCUT2D eigenvalue weighted by Gasteiger charge is 2.42.